The number of benzene rings is 2. The van der Waals surface area contributed by atoms with Crippen molar-refractivity contribution >= 4 is 29.4 Å². The molecule has 0 aliphatic carbocycles. The predicted molar refractivity (Wildman–Crippen MR) is 98.8 cm³/mol. The smallest absolute Gasteiger partial charge is 0.344 e. The standard InChI is InChI=1S/C19H16ClN3O5/c1-2-19(12-6-4-3-5-7-12)17(25)23(18(26)21-19)22-16(24)11-8-13(20)15-14(9-11)27-10-28-15/h3-9H,2,10H2,1H3,(H,21,26)(H,22,24)/t19-/m0/s1. The third kappa shape index (κ3) is 2.73. The summed E-state index contributed by atoms with van der Waals surface area (Å²) in [6, 6.07) is 11.0. The highest BCUT2D eigenvalue weighted by Gasteiger charge is 2.52. The second kappa shape index (κ2) is 6.72. The zero-order valence-electron chi connectivity index (χ0n) is 14.8. The van der Waals surface area contributed by atoms with Crippen LogP contribution in [0.4, 0.5) is 4.79 Å². The van der Waals surface area contributed by atoms with Gasteiger partial charge in [0.15, 0.2) is 11.5 Å². The zero-order chi connectivity index (χ0) is 19.9. The number of ether oxygens (including phenoxy) is 2. The molecule has 0 bridgehead atoms. The molecule has 0 spiro atoms. The normalized spacial score (nSPS) is 20.3. The average Bonchev–Trinajstić information content (AvgIpc) is 3.27. The van der Waals surface area contributed by atoms with Gasteiger partial charge in [-0.25, -0.2) is 4.79 Å². The lowest BCUT2D eigenvalue weighted by Crippen LogP contribution is -2.48. The van der Waals surface area contributed by atoms with Gasteiger partial charge >= 0.3 is 6.03 Å². The van der Waals surface area contributed by atoms with E-state index in [4.69, 9.17) is 21.1 Å². The Balaban J connectivity index is 1.60. The average molecular weight is 402 g/mol. The molecule has 2 aromatic carbocycles. The summed E-state index contributed by atoms with van der Waals surface area (Å²) in [6.07, 6.45) is 0.323. The highest BCUT2D eigenvalue weighted by atomic mass is 35.5. The van der Waals surface area contributed by atoms with Gasteiger partial charge in [-0.3, -0.25) is 15.0 Å². The van der Waals surface area contributed by atoms with E-state index in [2.05, 4.69) is 10.7 Å². The molecule has 0 saturated carbocycles. The van der Waals surface area contributed by atoms with Crippen LogP contribution in [0.2, 0.25) is 5.02 Å². The van der Waals surface area contributed by atoms with Gasteiger partial charge in [0.1, 0.15) is 5.54 Å². The molecular formula is C19H16ClN3O5. The molecule has 28 heavy (non-hydrogen) atoms. The lowest BCUT2D eigenvalue weighted by molar-refractivity contribution is -0.133. The summed E-state index contributed by atoms with van der Waals surface area (Å²) in [4.78, 5) is 38.1. The van der Waals surface area contributed by atoms with E-state index in [-0.39, 0.29) is 17.4 Å². The van der Waals surface area contributed by atoms with Crippen LogP contribution in [0.5, 0.6) is 11.5 Å². The summed E-state index contributed by atoms with van der Waals surface area (Å²) >= 11 is 6.10. The number of hydrazine groups is 1. The van der Waals surface area contributed by atoms with Crippen molar-refractivity contribution in [1.29, 1.82) is 0 Å². The van der Waals surface area contributed by atoms with Crippen molar-refractivity contribution in [3.63, 3.8) is 0 Å². The van der Waals surface area contributed by atoms with Crippen LogP contribution in [0.25, 0.3) is 0 Å². The van der Waals surface area contributed by atoms with Crippen LogP contribution in [0.3, 0.4) is 0 Å². The number of hydrogen-bond donors (Lipinski definition) is 2. The fraction of sp³-hybridized carbons (Fsp3) is 0.211. The van der Waals surface area contributed by atoms with E-state index < -0.39 is 23.4 Å². The number of carbonyl (C=O) groups is 3. The molecule has 2 aliphatic rings. The molecule has 0 radical (unpaired) electrons. The van der Waals surface area contributed by atoms with Gasteiger partial charge in [-0.05, 0) is 24.1 Å². The van der Waals surface area contributed by atoms with E-state index in [9.17, 15) is 14.4 Å². The molecule has 4 rings (SSSR count). The first-order valence-electron chi connectivity index (χ1n) is 8.58. The fourth-order valence-electron chi connectivity index (χ4n) is 3.30. The van der Waals surface area contributed by atoms with Gasteiger partial charge in [0, 0.05) is 5.56 Å². The molecule has 0 aromatic heterocycles. The van der Waals surface area contributed by atoms with Crippen LogP contribution >= 0.6 is 11.6 Å². The zero-order valence-corrected chi connectivity index (χ0v) is 15.6. The van der Waals surface area contributed by atoms with Crippen LogP contribution in [-0.2, 0) is 10.3 Å². The molecule has 2 aromatic rings. The van der Waals surface area contributed by atoms with Crippen LogP contribution in [0.1, 0.15) is 29.3 Å². The quantitative estimate of drug-likeness (QED) is 0.767. The molecule has 1 fully saturated rings. The lowest BCUT2D eigenvalue weighted by Gasteiger charge is -2.25. The number of hydrogen-bond acceptors (Lipinski definition) is 5. The third-order valence-corrected chi connectivity index (χ3v) is 5.07. The molecule has 4 amide bonds. The van der Waals surface area contributed by atoms with E-state index in [1.54, 1.807) is 31.2 Å². The van der Waals surface area contributed by atoms with Crippen molar-refractivity contribution in [3.05, 3.63) is 58.6 Å². The van der Waals surface area contributed by atoms with Gasteiger partial charge in [-0.1, -0.05) is 48.9 Å². The van der Waals surface area contributed by atoms with Crippen LogP contribution in [0.15, 0.2) is 42.5 Å². The van der Waals surface area contributed by atoms with E-state index in [0.29, 0.717) is 28.5 Å². The van der Waals surface area contributed by atoms with Crippen molar-refractivity contribution < 1.29 is 23.9 Å². The van der Waals surface area contributed by atoms with Crippen molar-refractivity contribution in [2.75, 3.05) is 6.79 Å². The van der Waals surface area contributed by atoms with Crippen molar-refractivity contribution in [1.82, 2.24) is 15.8 Å². The largest absolute Gasteiger partial charge is 0.454 e. The Morgan fingerprint density at radius 1 is 1.25 bits per heavy atom. The Hall–Kier alpha value is -3.26. The molecule has 8 nitrogen and oxygen atoms in total. The highest BCUT2D eigenvalue weighted by molar-refractivity contribution is 6.32. The number of urea groups is 1. The summed E-state index contributed by atoms with van der Waals surface area (Å²) in [5.41, 5.74) is 1.88. The first-order valence-corrected chi connectivity index (χ1v) is 8.96. The Morgan fingerprint density at radius 2 is 2.00 bits per heavy atom. The summed E-state index contributed by atoms with van der Waals surface area (Å²) in [6.45, 7) is 1.79. The monoisotopic (exact) mass is 401 g/mol. The van der Waals surface area contributed by atoms with Gasteiger partial charge in [-0.2, -0.15) is 5.01 Å². The summed E-state index contributed by atoms with van der Waals surface area (Å²) in [5, 5.41) is 3.59. The topological polar surface area (TPSA) is 97.0 Å². The Labute approximate surface area is 165 Å². The Kier molecular flexibility index (Phi) is 4.35. The summed E-state index contributed by atoms with van der Waals surface area (Å²) in [7, 11) is 0. The SMILES string of the molecule is CC[C@@]1(c2ccccc2)NC(=O)N(NC(=O)c2cc(Cl)c3c(c2)OCO3)C1=O. The van der Waals surface area contributed by atoms with Gasteiger partial charge in [0.2, 0.25) is 6.79 Å². The molecule has 2 heterocycles. The Morgan fingerprint density at radius 3 is 2.71 bits per heavy atom. The van der Waals surface area contributed by atoms with Crippen molar-refractivity contribution in [2.45, 2.75) is 18.9 Å². The van der Waals surface area contributed by atoms with Crippen molar-refractivity contribution in [2.24, 2.45) is 0 Å². The van der Waals surface area contributed by atoms with Gasteiger partial charge in [0.25, 0.3) is 11.8 Å². The maximum absolute atomic E-state index is 13.0. The first-order chi connectivity index (χ1) is 13.5. The number of nitrogens with one attached hydrogen (secondary N) is 2. The molecular weight excluding hydrogens is 386 g/mol. The number of nitrogens with zero attached hydrogens (tertiary/aromatic N) is 1. The lowest BCUT2D eigenvalue weighted by atomic mass is 9.87. The minimum Gasteiger partial charge on any atom is -0.454 e. The third-order valence-electron chi connectivity index (χ3n) is 4.79. The minimum atomic E-state index is -1.24. The number of rotatable bonds is 4. The fourth-order valence-corrected chi connectivity index (χ4v) is 3.57. The number of imide groups is 1. The second-order valence-corrected chi connectivity index (χ2v) is 6.74. The maximum Gasteiger partial charge on any atom is 0.344 e. The van der Waals surface area contributed by atoms with Gasteiger partial charge < -0.3 is 14.8 Å². The number of carbonyl (C=O) groups excluding carboxylic acids is 3. The Bertz CT molecular complexity index is 981. The second-order valence-electron chi connectivity index (χ2n) is 6.33. The summed E-state index contributed by atoms with van der Waals surface area (Å²) < 4.78 is 10.5. The van der Waals surface area contributed by atoms with Crippen LogP contribution < -0.4 is 20.2 Å². The molecule has 0 unspecified atom stereocenters. The van der Waals surface area contributed by atoms with E-state index >= 15 is 0 Å². The molecule has 2 aliphatic heterocycles. The first kappa shape index (κ1) is 18.1. The predicted octanol–water partition coefficient (Wildman–Crippen LogP) is 2.57. The highest BCUT2D eigenvalue weighted by Crippen LogP contribution is 2.40. The van der Waals surface area contributed by atoms with E-state index in [1.807, 2.05) is 6.07 Å². The van der Waals surface area contributed by atoms with Crippen LogP contribution in [0, 0.1) is 0 Å². The number of amides is 4. The van der Waals surface area contributed by atoms with Crippen molar-refractivity contribution in [3.8, 4) is 11.5 Å². The molecule has 2 N–H and O–H groups in total. The van der Waals surface area contributed by atoms with Gasteiger partial charge in [-0.15, -0.1) is 0 Å². The summed E-state index contributed by atoms with van der Waals surface area (Å²) in [5.74, 6) is -0.570. The van der Waals surface area contributed by atoms with E-state index in [1.165, 1.54) is 12.1 Å². The molecule has 1 saturated heterocycles. The number of fused-ring (bicyclic) bond motifs is 1. The molecule has 144 valence electrons. The molecule has 1 atom stereocenters. The van der Waals surface area contributed by atoms with E-state index in [0.717, 1.165) is 0 Å². The van der Waals surface area contributed by atoms with Gasteiger partial charge in [0.05, 0.1) is 5.02 Å². The minimum absolute atomic E-state index is 0.00321. The maximum atomic E-state index is 13.0. The number of halogens is 1. The molecule has 9 heteroatoms. The van der Waals surface area contributed by atoms with Crippen LogP contribution in [-0.4, -0.2) is 29.6 Å².